The number of carbonyl (C=O) groups is 2. The van der Waals surface area contributed by atoms with Crippen LogP contribution in [0.4, 0.5) is 5.69 Å². The van der Waals surface area contributed by atoms with Gasteiger partial charge in [-0.05, 0) is 12.1 Å². The van der Waals surface area contributed by atoms with Crippen LogP contribution in [0, 0.1) is 11.8 Å². The lowest BCUT2D eigenvalue weighted by atomic mass is 9.78. The first kappa shape index (κ1) is 12.0. The van der Waals surface area contributed by atoms with Crippen LogP contribution >= 0.6 is 0 Å². The first-order valence-corrected chi connectivity index (χ1v) is 6.55. The van der Waals surface area contributed by atoms with Crippen LogP contribution in [0.3, 0.4) is 0 Å². The van der Waals surface area contributed by atoms with Crippen LogP contribution in [0.15, 0.2) is 30.3 Å². The van der Waals surface area contributed by atoms with Crippen LogP contribution in [0.25, 0.3) is 0 Å². The molecule has 0 aliphatic carbocycles. The first-order chi connectivity index (χ1) is 9.61. The highest BCUT2D eigenvalue weighted by molar-refractivity contribution is 6.22. The summed E-state index contributed by atoms with van der Waals surface area (Å²) in [4.78, 5) is 26.1. The number of para-hydroxylation sites is 1. The third kappa shape index (κ3) is 1.28. The third-order valence-corrected chi connectivity index (χ3v) is 4.46. The Morgan fingerprint density at radius 3 is 1.90 bits per heavy atom. The summed E-state index contributed by atoms with van der Waals surface area (Å²) in [6.07, 6.45) is -3.78. The number of hydrogen-bond acceptors (Lipinski definition) is 5. The van der Waals surface area contributed by atoms with Crippen LogP contribution in [-0.4, -0.2) is 46.4 Å². The van der Waals surface area contributed by atoms with Gasteiger partial charge in [-0.3, -0.25) is 9.59 Å². The predicted octanol–water partition coefficient (Wildman–Crippen LogP) is -0.705. The number of fused-ring (bicyclic) bond motifs is 5. The van der Waals surface area contributed by atoms with Gasteiger partial charge in [0.1, 0.15) is 12.2 Å². The Bertz CT molecular complexity index is 556. The Kier molecular flexibility index (Phi) is 2.33. The molecule has 6 heteroatoms. The molecule has 2 bridgehead atoms. The van der Waals surface area contributed by atoms with E-state index in [-0.39, 0.29) is 11.8 Å². The number of amides is 2. The molecule has 2 unspecified atom stereocenters. The van der Waals surface area contributed by atoms with Gasteiger partial charge in [0.05, 0.1) is 29.7 Å². The fraction of sp³-hybridized carbons (Fsp3) is 0.429. The molecule has 3 saturated heterocycles. The number of rotatable bonds is 1. The Balaban J connectivity index is 1.75. The van der Waals surface area contributed by atoms with Crippen molar-refractivity contribution in [3.05, 3.63) is 30.3 Å². The molecule has 6 atom stereocenters. The van der Waals surface area contributed by atoms with Crippen molar-refractivity contribution in [2.45, 2.75) is 24.4 Å². The van der Waals surface area contributed by atoms with E-state index >= 15 is 0 Å². The molecular formula is C14H13NO5. The van der Waals surface area contributed by atoms with E-state index in [1.807, 2.05) is 0 Å². The number of benzene rings is 1. The van der Waals surface area contributed by atoms with Crippen LogP contribution in [0.1, 0.15) is 0 Å². The SMILES string of the molecule is O=C1C2C(C(=O)N1c1ccccc1)[C@@H]1O[C@H]2[C@@H](O)[C@H]1O. The number of aliphatic hydroxyl groups is 2. The third-order valence-electron chi connectivity index (χ3n) is 4.46. The second-order valence-corrected chi connectivity index (χ2v) is 5.45. The van der Waals surface area contributed by atoms with Crippen LogP contribution in [0.5, 0.6) is 0 Å². The van der Waals surface area contributed by atoms with Gasteiger partial charge in [0.25, 0.3) is 0 Å². The molecule has 1 aromatic rings. The zero-order chi connectivity index (χ0) is 14.0. The second kappa shape index (κ2) is 3.88. The lowest BCUT2D eigenvalue weighted by molar-refractivity contribution is -0.125. The van der Waals surface area contributed by atoms with E-state index in [4.69, 9.17) is 4.74 Å². The topological polar surface area (TPSA) is 87.1 Å². The fourth-order valence-corrected chi connectivity index (χ4v) is 3.56. The summed E-state index contributed by atoms with van der Waals surface area (Å²) >= 11 is 0. The molecule has 0 aromatic heterocycles. The number of nitrogens with zero attached hydrogens (tertiary/aromatic N) is 1. The maximum Gasteiger partial charge on any atom is 0.240 e. The van der Waals surface area contributed by atoms with Gasteiger partial charge in [0.15, 0.2) is 0 Å². The van der Waals surface area contributed by atoms with Gasteiger partial charge in [0.2, 0.25) is 11.8 Å². The average Bonchev–Trinajstić information content (AvgIpc) is 3.05. The van der Waals surface area contributed by atoms with Crippen molar-refractivity contribution >= 4 is 17.5 Å². The van der Waals surface area contributed by atoms with E-state index in [1.54, 1.807) is 30.3 Å². The monoisotopic (exact) mass is 275 g/mol. The minimum Gasteiger partial charge on any atom is -0.388 e. The molecule has 1 aromatic carbocycles. The summed E-state index contributed by atoms with van der Waals surface area (Å²) in [5, 5.41) is 19.7. The van der Waals surface area contributed by atoms with Crippen molar-refractivity contribution in [1.29, 1.82) is 0 Å². The molecule has 3 aliphatic heterocycles. The van der Waals surface area contributed by atoms with Crippen molar-refractivity contribution in [2.75, 3.05) is 4.90 Å². The van der Waals surface area contributed by atoms with E-state index in [0.717, 1.165) is 4.90 Å². The van der Waals surface area contributed by atoms with Crippen molar-refractivity contribution in [1.82, 2.24) is 0 Å². The minimum absolute atomic E-state index is 0.357. The van der Waals surface area contributed by atoms with Gasteiger partial charge in [-0.25, -0.2) is 4.90 Å². The number of imide groups is 1. The molecular weight excluding hydrogens is 262 g/mol. The van der Waals surface area contributed by atoms with Gasteiger partial charge in [-0.1, -0.05) is 18.2 Å². The molecule has 0 radical (unpaired) electrons. The highest BCUT2D eigenvalue weighted by atomic mass is 16.6. The molecule has 3 heterocycles. The maximum absolute atomic E-state index is 12.5. The largest absolute Gasteiger partial charge is 0.388 e. The molecule has 2 N–H and O–H groups in total. The second-order valence-electron chi connectivity index (χ2n) is 5.45. The summed E-state index contributed by atoms with van der Waals surface area (Å²) in [6.45, 7) is 0. The summed E-state index contributed by atoms with van der Waals surface area (Å²) < 4.78 is 5.42. The molecule has 0 spiro atoms. The number of ether oxygens (including phenoxy) is 1. The van der Waals surface area contributed by atoms with Crippen molar-refractivity contribution in [3.63, 3.8) is 0 Å². The number of carbonyl (C=O) groups excluding carboxylic acids is 2. The van der Waals surface area contributed by atoms with E-state index in [2.05, 4.69) is 0 Å². The van der Waals surface area contributed by atoms with Crippen molar-refractivity contribution < 1.29 is 24.5 Å². The Morgan fingerprint density at radius 1 is 0.900 bits per heavy atom. The summed E-state index contributed by atoms with van der Waals surface area (Å²) in [7, 11) is 0. The molecule has 3 aliphatic rings. The lowest BCUT2D eigenvalue weighted by Crippen LogP contribution is -2.47. The first-order valence-electron chi connectivity index (χ1n) is 6.55. The van der Waals surface area contributed by atoms with Gasteiger partial charge >= 0.3 is 0 Å². The van der Waals surface area contributed by atoms with Crippen LogP contribution < -0.4 is 4.90 Å². The average molecular weight is 275 g/mol. The van der Waals surface area contributed by atoms with Gasteiger partial charge < -0.3 is 14.9 Å². The molecule has 104 valence electrons. The summed E-state index contributed by atoms with van der Waals surface area (Å²) in [5.41, 5.74) is 0.514. The summed E-state index contributed by atoms with van der Waals surface area (Å²) in [5.74, 6) is -2.09. The Morgan fingerprint density at radius 2 is 1.40 bits per heavy atom. The van der Waals surface area contributed by atoms with Gasteiger partial charge in [-0.2, -0.15) is 0 Å². The number of anilines is 1. The zero-order valence-electron chi connectivity index (χ0n) is 10.4. The highest BCUT2D eigenvalue weighted by Gasteiger charge is 2.68. The van der Waals surface area contributed by atoms with E-state index in [1.165, 1.54) is 0 Å². The molecule has 20 heavy (non-hydrogen) atoms. The molecule has 3 fully saturated rings. The standard InChI is InChI=1S/C14H13NO5/c16-9-10(17)12-8-7(11(9)20-12)13(18)15(14(8)19)6-4-2-1-3-5-6/h1-5,7-12,16-17H/t7?,8?,9-,10+,11+,12-. The zero-order valence-corrected chi connectivity index (χ0v) is 10.4. The fourth-order valence-electron chi connectivity index (χ4n) is 3.56. The normalized spacial score (nSPS) is 42.4. The van der Waals surface area contributed by atoms with E-state index in [0.29, 0.717) is 5.69 Å². The number of aliphatic hydroxyl groups excluding tert-OH is 2. The van der Waals surface area contributed by atoms with Crippen molar-refractivity contribution in [3.8, 4) is 0 Å². The predicted molar refractivity (Wildman–Crippen MR) is 66.6 cm³/mol. The van der Waals surface area contributed by atoms with E-state index in [9.17, 15) is 19.8 Å². The van der Waals surface area contributed by atoms with Crippen LogP contribution in [-0.2, 0) is 14.3 Å². The molecule has 0 saturated carbocycles. The molecule has 4 rings (SSSR count). The smallest absolute Gasteiger partial charge is 0.240 e. The lowest BCUT2D eigenvalue weighted by Gasteiger charge is -2.25. The highest BCUT2D eigenvalue weighted by Crippen LogP contribution is 2.49. The van der Waals surface area contributed by atoms with E-state index < -0.39 is 36.3 Å². The van der Waals surface area contributed by atoms with Crippen LogP contribution in [0.2, 0.25) is 0 Å². The Labute approximate surface area is 114 Å². The van der Waals surface area contributed by atoms with Gasteiger partial charge in [-0.15, -0.1) is 0 Å². The Hall–Kier alpha value is -1.76. The maximum atomic E-state index is 12.5. The number of hydrogen-bond donors (Lipinski definition) is 2. The minimum atomic E-state index is -1.10. The molecule has 6 nitrogen and oxygen atoms in total. The van der Waals surface area contributed by atoms with Crippen molar-refractivity contribution in [2.24, 2.45) is 11.8 Å². The summed E-state index contributed by atoms with van der Waals surface area (Å²) in [6, 6.07) is 8.67. The molecule has 2 amide bonds. The van der Waals surface area contributed by atoms with Gasteiger partial charge in [0, 0.05) is 0 Å². The quantitative estimate of drug-likeness (QED) is 0.661.